The standard InChI is InChI=1S/C22H20FN3O2/c1-3-22(27)26-19-9-6-14(11-18(19)23)28-15-5-8-17-16-7-4-13(24-2)10-20(16)25-21(17)12-15/h4-12,24-25H,3H2,1-2H3,(H,26,27). The van der Waals surface area contributed by atoms with Crippen molar-refractivity contribution in [1.82, 2.24) is 4.98 Å². The Morgan fingerprint density at radius 2 is 1.68 bits per heavy atom. The Kier molecular flexibility index (Phi) is 4.61. The Hall–Kier alpha value is -3.54. The van der Waals surface area contributed by atoms with Crippen molar-refractivity contribution < 1.29 is 13.9 Å². The average molecular weight is 377 g/mol. The largest absolute Gasteiger partial charge is 0.457 e. The van der Waals surface area contributed by atoms with Crippen LogP contribution in [0.25, 0.3) is 21.8 Å². The molecule has 0 bridgehead atoms. The van der Waals surface area contributed by atoms with E-state index < -0.39 is 5.82 Å². The number of nitrogens with one attached hydrogen (secondary N) is 3. The fourth-order valence-corrected chi connectivity index (χ4v) is 3.14. The number of fused-ring (bicyclic) bond motifs is 3. The Morgan fingerprint density at radius 1 is 1.00 bits per heavy atom. The molecule has 0 atom stereocenters. The summed E-state index contributed by atoms with van der Waals surface area (Å²) in [6.07, 6.45) is 0.290. The predicted molar refractivity (Wildman–Crippen MR) is 111 cm³/mol. The zero-order valence-corrected chi connectivity index (χ0v) is 15.6. The molecular formula is C22H20FN3O2. The molecular weight excluding hydrogens is 357 g/mol. The topological polar surface area (TPSA) is 66.1 Å². The molecule has 4 rings (SSSR count). The van der Waals surface area contributed by atoms with Crippen molar-refractivity contribution in [3.63, 3.8) is 0 Å². The van der Waals surface area contributed by atoms with Crippen LogP contribution >= 0.6 is 0 Å². The van der Waals surface area contributed by atoms with Gasteiger partial charge in [-0.25, -0.2) is 4.39 Å². The number of benzene rings is 3. The summed E-state index contributed by atoms with van der Waals surface area (Å²) in [4.78, 5) is 14.8. The van der Waals surface area contributed by atoms with Gasteiger partial charge >= 0.3 is 0 Å². The smallest absolute Gasteiger partial charge is 0.224 e. The zero-order chi connectivity index (χ0) is 19.7. The molecule has 0 fully saturated rings. The average Bonchev–Trinajstić information content (AvgIpc) is 3.06. The summed E-state index contributed by atoms with van der Waals surface area (Å²) in [7, 11) is 1.88. The molecule has 1 heterocycles. The first-order chi connectivity index (χ1) is 13.6. The van der Waals surface area contributed by atoms with Crippen molar-refractivity contribution >= 4 is 39.1 Å². The van der Waals surface area contributed by atoms with E-state index in [1.165, 1.54) is 12.1 Å². The number of H-pyrrole nitrogens is 1. The van der Waals surface area contributed by atoms with Gasteiger partial charge in [-0.05, 0) is 36.4 Å². The van der Waals surface area contributed by atoms with Gasteiger partial charge in [-0.1, -0.05) is 13.0 Å². The lowest BCUT2D eigenvalue weighted by atomic mass is 10.1. The highest BCUT2D eigenvalue weighted by atomic mass is 19.1. The number of carbonyl (C=O) groups excluding carboxylic acids is 1. The first-order valence-corrected chi connectivity index (χ1v) is 9.08. The van der Waals surface area contributed by atoms with Crippen molar-refractivity contribution in [2.75, 3.05) is 17.7 Å². The van der Waals surface area contributed by atoms with Crippen LogP contribution in [0.4, 0.5) is 15.8 Å². The monoisotopic (exact) mass is 377 g/mol. The summed E-state index contributed by atoms with van der Waals surface area (Å²) in [6.45, 7) is 1.71. The van der Waals surface area contributed by atoms with Crippen LogP contribution in [0, 0.1) is 5.82 Å². The minimum absolute atomic E-state index is 0.144. The van der Waals surface area contributed by atoms with Crippen molar-refractivity contribution in [3.05, 3.63) is 60.4 Å². The van der Waals surface area contributed by atoms with Crippen LogP contribution in [0.5, 0.6) is 11.5 Å². The van der Waals surface area contributed by atoms with Gasteiger partial charge in [0.05, 0.1) is 11.2 Å². The third-order valence-corrected chi connectivity index (χ3v) is 4.63. The van der Waals surface area contributed by atoms with Crippen LogP contribution in [0.15, 0.2) is 54.6 Å². The highest BCUT2D eigenvalue weighted by molar-refractivity contribution is 6.08. The Morgan fingerprint density at radius 3 is 2.39 bits per heavy atom. The predicted octanol–water partition coefficient (Wildman–Crippen LogP) is 5.64. The second-order valence-corrected chi connectivity index (χ2v) is 6.49. The molecule has 3 aromatic carbocycles. The van der Waals surface area contributed by atoms with Crippen LogP contribution in [0.3, 0.4) is 0 Å². The zero-order valence-electron chi connectivity index (χ0n) is 15.6. The molecule has 1 amide bonds. The van der Waals surface area contributed by atoms with Crippen molar-refractivity contribution in [2.24, 2.45) is 0 Å². The first kappa shape index (κ1) is 17.9. The molecule has 0 saturated carbocycles. The van der Waals surface area contributed by atoms with Crippen LogP contribution in [-0.4, -0.2) is 17.9 Å². The molecule has 0 aliphatic carbocycles. The summed E-state index contributed by atoms with van der Waals surface area (Å²) >= 11 is 0. The highest BCUT2D eigenvalue weighted by Gasteiger charge is 2.10. The van der Waals surface area contributed by atoms with E-state index in [0.717, 1.165) is 27.5 Å². The minimum Gasteiger partial charge on any atom is -0.457 e. The van der Waals surface area contributed by atoms with Crippen LogP contribution < -0.4 is 15.4 Å². The lowest BCUT2D eigenvalue weighted by molar-refractivity contribution is -0.115. The number of aromatic amines is 1. The summed E-state index contributed by atoms with van der Waals surface area (Å²) in [5.41, 5.74) is 3.14. The van der Waals surface area contributed by atoms with Gasteiger partial charge in [-0.2, -0.15) is 0 Å². The summed E-state index contributed by atoms with van der Waals surface area (Å²) < 4.78 is 20.0. The number of carbonyl (C=O) groups is 1. The quantitative estimate of drug-likeness (QED) is 0.421. The van der Waals surface area contributed by atoms with Gasteiger partial charge in [0, 0.05) is 47.6 Å². The van der Waals surface area contributed by atoms with Crippen molar-refractivity contribution in [1.29, 1.82) is 0 Å². The van der Waals surface area contributed by atoms with Gasteiger partial charge in [0.15, 0.2) is 0 Å². The fraction of sp³-hybridized carbons (Fsp3) is 0.136. The molecule has 0 aliphatic rings. The van der Waals surface area contributed by atoms with Gasteiger partial charge in [0.2, 0.25) is 5.91 Å². The molecule has 3 N–H and O–H groups in total. The number of amides is 1. The second kappa shape index (κ2) is 7.23. The molecule has 5 nitrogen and oxygen atoms in total. The maximum atomic E-state index is 14.2. The normalized spacial score (nSPS) is 11.0. The van der Waals surface area contributed by atoms with Gasteiger partial charge in [-0.3, -0.25) is 4.79 Å². The number of hydrogen-bond donors (Lipinski definition) is 3. The van der Waals surface area contributed by atoms with E-state index in [1.807, 2.05) is 31.3 Å². The Labute approximate surface area is 161 Å². The molecule has 0 aliphatic heterocycles. The molecule has 0 unspecified atom stereocenters. The highest BCUT2D eigenvalue weighted by Crippen LogP contribution is 2.32. The molecule has 4 aromatic rings. The second-order valence-electron chi connectivity index (χ2n) is 6.49. The van der Waals surface area contributed by atoms with E-state index in [4.69, 9.17) is 4.74 Å². The molecule has 142 valence electrons. The molecule has 0 saturated heterocycles. The van der Waals surface area contributed by atoms with E-state index in [0.29, 0.717) is 11.5 Å². The van der Waals surface area contributed by atoms with Gasteiger partial charge in [0.25, 0.3) is 0 Å². The lowest BCUT2D eigenvalue weighted by Crippen LogP contribution is -2.10. The molecule has 1 aromatic heterocycles. The molecule has 0 spiro atoms. The van der Waals surface area contributed by atoms with Gasteiger partial charge in [0.1, 0.15) is 17.3 Å². The molecule has 28 heavy (non-hydrogen) atoms. The first-order valence-electron chi connectivity index (χ1n) is 9.08. The van der Waals surface area contributed by atoms with Crippen LogP contribution in [0.2, 0.25) is 0 Å². The van der Waals surface area contributed by atoms with Gasteiger partial charge in [-0.15, -0.1) is 0 Å². The summed E-state index contributed by atoms with van der Waals surface area (Å²) in [5, 5.41) is 7.86. The fourth-order valence-electron chi connectivity index (χ4n) is 3.14. The number of ether oxygens (including phenoxy) is 1. The summed E-state index contributed by atoms with van der Waals surface area (Å²) in [5.74, 6) is 0.182. The van der Waals surface area contributed by atoms with E-state index in [-0.39, 0.29) is 18.0 Å². The van der Waals surface area contributed by atoms with Crippen molar-refractivity contribution in [2.45, 2.75) is 13.3 Å². The van der Waals surface area contributed by atoms with E-state index in [1.54, 1.807) is 13.0 Å². The number of hydrogen-bond acceptors (Lipinski definition) is 3. The molecule has 0 radical (unpaired) electrons. The molecule has 6 heteroatoms. The van der Waals surface area contributed by atoms with Crippen molar-refractivity contribution in [3.8, 4) is 11.5 Å². The Bertz CT molecular complexity index is 1180. The van der Waals surface area contributed by atoms with E-state index in [9.17, 15) is 9.18 Å². The van der Waals surface area contributed by atoms with Crippen LogP contribution in [-0.2, 0) is 4.79 Å². The maximum Gasteiger partial charge on any atom is 0.224 e. The van der Waals surface area contributed by atoms with E-state index >= 15 is 0 Å². The summed E-state index contributed by atoms with van der Waals surface area (Å²) in [6, 6.07) is 16.3. The maximum absolute atomic E-state index is 14.2. The minimum atomic E-state index is -0.536. The van der Waals surface area contributed by atoms with Crippen LogP contribution in [0.1, 0.15) is 13.3 Å². The third kappa shape index (κ3) is 3.36. The lowest BCUT2D eigenvalue weighted by Gasteiger charge is -2.09. The number of anilines is 2. The number of rotatable bonds is 5. The van der Waals surface area contributed by atoms with Gasteiger partial charge < -0.3 is 20.4 Å². The number of aromatic nitrogens is 1. The third-order valence-electron chi connectivity index (χ3n) is 4.63. The SMILES string of the molecule is CCC(=O)Nc1ccc(Oc2ccc3c(c2)[nH]c2cc(NC)ccc23)cc1F. The Balaban J connectivity index is 1.62. The number of halogens is 1. The van der Waals surface area contributed by atoms with E-state index in [2.05, 4.69) is 27.8 Å².